The van der Waals surface area contributed by atoms with E-state index in [1.807, 2.05) is 0 Å². The maximum atomic E-state index is 11.8. The van der Waals surface area contributed by atoms with Crippen LogP contribution in [0.25, 0.3) is 0 Å². The molecule has 0 fully saturated rings. The summed E-state index contributed by atoms with van der Waals surface area (Å²) < 4.78 is 33.0. The van der Waals surface area contributed by atoms with Crippen LogP contribution in [0.4, 0.5) is 0 Å². The van der Waals surface area contributed by atoms with Crippen LogP contribution in [0, 0.1) is 0 Å². The maximum absolute atomic E-state index is 11.8. The Balaban J connectivity index is 3.93. The van der Waals surface area contributed by atoms with Gasteiger partial charge in [0.2, 0.25) is 0 Å². The zero-order valence-corrected chi connectivity index (χ0v) is 12.3. The van der Waals surface area contributed by atoms with E-state index in [2.05, 4.69) is 5.32 Å². The molecule has 0 aliphatic carbocycles. The van der Waals surface area contributed by atoms with Gasteiger partial charge in [0.05, 0.1) is 23.2 Å². The van der Waals surface area contributed by atoms with Crippen LogP contribution in [0.3, 0.4) is 0 Å². The average Bonchev–Trinajstić information content (AvgIpc) is 2.21. The third kappa shape index (κ3) is 6.35. The van der Waals surface area contributed by atoms with Gasteiger partial charge in [-0.2, -0.15) is 0 Å². The van der Waals surface area contributed by atoms with Gasteiger partial charge in [0.1, 0.15) is 0 Å². The number of ether oxygens (including phenoxy) is 2. The molecule has 6 heteroatoms. The van der Waals surface area contributed by atoms with Crippen molar-refractivity contribution < 1.29 is 17.9 Å². The molecule has 0 radical (unpaired) electrons. The molecule has 0 saturated heterocycles. The number of methoxy groups -OCH3 is 2. The lowest BCUT2D eigenvalue weighted by Gasteiger charge is -2.20. The van der Waals surface area contributed by atoms with Crippen molar-refractivity contribution >= 4 is 9.84 Å². The van der Waals surface area contributed by atoms with Gasteiger partial charge >= 0.3 is 0 Å². The Hall–Kier alpha value is -0.170. The molecule has 1 unspecified atom stereocenters. The molecule has 0 aromatic heterocycles. The second kappa shape index (κ2) is 7.31. The second-order valence-electron chi connectivity index (χ2n) is 4.95. The standard InChI is InChI=1S/C11H25NO4S/c1-11(2,3)17(13,14)7-6-12-8-10(16-5)9-15-4/h10,12H,6-9H2,1-5H3. The number of hydrogen-bond donors (Lipinski definition) is 1. The predicted octanol–water partition coefficient (Wildman–Crippen LogP) is 0.451. The Bertz CT molecular complexity index is 295. The van der Waals surface area contributed by atoms with Crippen LogP contribution >= 0.6 is 0 Å². The molecule has 104 valence electrons. The predicted molar refractivity (Wildman–Crippen MR) is 69.1 cm³/mol. The molecule has 0 bridgehead atoms. The van der Waals surface area contributed by atoms with Crippen molar-refractivity contribution in [3.05, 3.63) is 0 Å². The third-order valence-corrected chi connectivity index (χ3v) is 5.15. The molecule has 17 heavy (non-hydrogen) atoms. The summed E-state index contributed by atoms with van der Waals surface area (Å²) in [6, 6.07) is 0. The summed E-state index contributed by atoms with van der Waals surface area (Å²) >= 11 is 0. The van der Waals surface area contributed by atoms with Crippen LogP contribution in [0.15, 0.2) is 0 Å². The number of rotatable bonds is 8. The molecule has 0 aromatic rings. The average molecular weight is 267 g/mol. The Morgan fingerprint density at radius 1 is 1.24 bits per heavy atom. The first-order valence-electron chi connectivity index (χ1n) is 5.69. The highest BCUT2D eigenvalue weighted by atomic mass is 32.2. The molecule has 0 saturated carbocycles. The third-order valence-electron chi connectivity index (χ3n) is 2.54. The minimum Gasteiger partial charge on any atom is -0.382 e. The van der Waals surface area contributed by atoms with Crippen molar-refractivity contribution in [2.45, 2.75) is 31.6 Å². The summed E-state index contributed by atoms with van der Waals surface area (Å²) in [7, 11) is 0.166. The van der Waals surface area contributed by atoms with Crippen LogP contribution in [0.2, 0.25) is 0 Å². The van der Waals surface area contributed by atoms with Gasteiger partial charge in [-0.25, -0.2) is 8.42 Å². The van der Waals surface area contributed by atoms with Gasteiger partial charge < -0.3 is 14.8 Å². The lowest BCUT2D eigenvalue weighted by atomic mass is 10.3. The Morgan fingerprint density at radius 2 is 1.82 bits per heavy atom. The zero-order chi connectivity index (χ0) is 13.5. The van der Waals surface area contributed by atoms with Gasteiger partial charge in [0.15, 0.2) is 9.84 Å². The van der Waals surface area contributed by atoms with Gasteiger partial charge in [0.25, 0.3) is 0 Å². The van der Waals surface area contributed by atoms with Crippen LogP contribution < -0.4 is 5.32 Å². The SMILES string of the molecule is COCC(CNCCS(=O)(=O)C(C)(C)C)OC. The molecular weight excluding hydrogens is 242 g/mol. The molecule has 0 amide bonds. The largest absolute Gasteiger partial charge is 0.382 e. The topological polar surface area (TPSA) is 64.6 Å². The van der Waals surface area contributed by atoms with Crippen molar-refractivity contribution in [2.75, 3.05) is 39.7 Å². The first-order valence-corrected chi connectivity index (χ1v) is 7.34. The summed E-state index contributed by atoms with van der Waals surface area (Å²) in [4.78, 5) is 0. The van der Waals surface area contributed by atoms with E-state index >= 15 is 0 Å². The van der Waals surface area contributed by atoms with E-state index in [4.69, 9.17) is 9.47 Å². The lowest BCUT2D eigenvalue weighted by Crippen LogP contribution is -2.38. The van der Waals surface area contributed by atoms with Crippen molar-refractivity contribution in [1.82, 2.24) is 5.32 Å². The van der Waals surface area contributed by atoms with Gasteiger partial charge in [-0.05, 0) is 20.8 Å². The molecule has 1 atom stereocenters. The fraction of sp³-hybridized carbons (Fsp3) is 1.00. The van der Waals surface area contributed by atoms with Crippen LogP contribution in [-0.4, -0.2) is 58.9 Å². The Labute approximate surface area is 105 Å². The van der Waals surface area contributed by atoms with Crippen LogP contribution in [0.1, 0.15) is 20.8 Å². The zero-order valence-electron chi connectivity index (χ0n) is 11.4. The van der Waals surface area contributed by atoms with E-state index < -0.39 is 14.6 Å². The van der Waals surface area contributed by atoms with E-state index in [1.165, 1.54) is 0 Å². The molecular formula is C11H25NO4S. The van der Waals surface area contributed by atoms with Gasteiger partial charge in [-0.15, -0.1) is 0 Å². The fourth-order valence-corrected chi connectivity index (χ4v) is 2.20. The fourth-order valence-electron chi connectivity index (χ4n) is 1.17. The number of hydrogen-bond acceptors (Lipinski definition) is 5. The minimum atomic E-state index is -3.05. The summed E-state index contributed by atoms with van der Waals surface area (Å²) in [6.45, 7) is 6.66. The summed E-state index contributed by atoms with van der Waals surface area (Å²) in [5.74, 6) is 0.139. The molecule has 1 N–H and O–H groups in total. The van der Waals surface area contributed by atoms with Crippen molar-refractivity contribution in [3.8, 4) is 0 Å². The highest BCUT2D eigenvalue weighted by molar-refractivity contribution is 7.92. The smallest absolute Gasteiger partial charge is 0.156 e. The van der Waals surface area contributed by atoms with Crippen LogP contribution in [-0.2, 0) is 19.3 Å². The molecule has 0 heterocycles. The first kappa shape index (κ1) is 16.8. The molecule has 0 aromatic carbocycles. The minimum absolute atomic E-state index is 0.0441. The molecule has 0 spiro atoms. The highest BCUT2D eigenvalue weighted by Gasteiger charge is 2.28. The van der Waals surface area contributed by atoms with E-state index in [9.17, 15) is 8.42 Å². The van der Waals surface area contributed by atoms with Crippen molar-refractivity contribution in [1.29, 1.82) is 0 Å². The number of nitrogens with one attached hydrogen (secondary N) is 1. The number of sulfone groups is 1. The normalized spacial score (nSPS) is 14.9. The monoisotopic (exact) mass is 267 g/mol. The van der Waals surface area contributed by atoms with E-state index in [1.54, 1.807) is 35.0 Å². The van der Waals surface area contributed by atoms with Gasteiger partial charge in [0, 0.05) is 27.3 Å². The lowest BCUT2D eigenvalue weighted by molar-refractivity contribution is 0.0293. The van der Waals surface area contributed by atoms with Gasteiger partial charge in [-0.1, -0.05) is 0 Å². The Morgan fingerprint density at radius 3 is 2.24 bits per heavy atom. The summed E-state index contributed by atoms with van der Waals surface area (Å²) in [5, 5.41) is 3.07. The van der Waals surface area contributed by atoms with Crippen molar-refractivity contribution in [2.24, 2.45) is 0 Å². The molecule has 5 nitrogen and oxygen atoms in total. The highest BCUT2D eigenvalue weighted by Crippen LogP contribution is 2.15. The van der Waals surface area contributed by atoms with E-state index in [0.717, 1.165) is 0 Å². The van der Waals surface area contributed by atoms with Crippen LogP contribution in [0.5, 0.6) is 0 Å². The molecule has 0 aliphatic rings. The van der Waals surface area contributed by atoms with Crippen molar-refractivity contribution in [3.63, 3.8) is 0 Å². The van der Waals surface area contributed by atoms with E-state index in [0.29, 0.717) is 19.7 Å². The maximum Gasteiger partial charge on any atom is 0.156 e. The first-order chi connectivity index (χ1) is 7.74. The summed E-state index contributed by atoms with van der Waals surface area (Å²) in [5.41, 5.74) is 0. The van der Waals surface area contributed by atoms with Gasteiger partial charge in [-0.3, -0.25) is 0 Å². The molecule has 0 aliphatic heterocycles. The molecule has 0 rings (SSSR count). The quantitative estimate of drug-likeness (QED) is 0.647. The Kier molecular flexibility index (Phi) is 7.23. The summed E-state index contributed by atoms with van der Waals surface area (Å²) in [6.07, 6.45) is -0.0441. The second-order valence-corrected chi connectivity index (χ2v) is 7.81. The van der Waals surface area contributed by atoms with E-state index in [-0.39, 0.29) is 11.9 Å².